The Morgan fingerprint density at radius 2 is 1.66 bits per heavy atom. The van der Waals surface area contributed by atoms with Gasteiger partial charge in [-0.1, -0.05) is 48.0 Å². The number of aromatic nitrogens is 2. The molecule has 1 amide bonds. The van der Waals surface area contributed by atoms with E-state index in [-0.39, 0.29) is 23.1 Å². The maximum Gasteiger partial charge on any atom is 0.264 e. The van der Waals surface area contributed by atoms with Crippen LogP contribution < -0.4 is 14.2 Å². The fourth-order valence-electron chi connectivity index (χ4n) is 5.12. The standard InChI is InChI=1S/C31H25N3O6S/c1-19-10-13-21(14-11-19)41(37,38)33-31(36)27(20-12-15-25-26(17-20)40-18-39-25)28-22-7-3-4-9-24(22)34(2)29(28)30(35)23-8-5-6-16-32-23/h3-17,27H,18H2,1-2H3,(H,33,36). The van der Waals surface area contributed by atoms with E-state index in [1.807, 2.05) is 25.1 Å². The number of ether oxygens (including phenoxy) is 2. The molecule has 41 heavy (non-hydrogen) atoms. The van der Waals surface area contributed by atoms with E-state index in [2.05, 4.69) is 9.71 Å². The highest BCUT2D eigenvalue weighted by atomic mass is 32.2. The van der Waals surface area contributed by atoms with Crippen LogP contribution in [0.3, 0.4) is 0 Å². The number of aryl methyl sites for hydroxylation is 2. The molecule has 206 valence electrons. The Kier molecular flexibility index (Phi) is 6.55. The van der Waals surface area contributed by atoms with Gasteiger partial charge in [-0.3, -0.25) is 14.6 Å². The molecule has 0 radical (unpaired) electrons. The number of hydrogen-bond acceptors (Lipinski definition) is 7. The summed E-state index contributed by atoms with van der Waals surface area (Å²) < 4.78 is 41.7. The summed E-state index contributed by atoms with van der Waals surface area (Å²) in [4.78, 5) is 32.3. The number of carbonyl (C=O) groups excluding carboxylic acids is 2. The number of rotatable bonds is 7. The van der Waals surface area contributed by atoms with Crippen LogP contribution in [0, 0.1) is 6.92 Å². The van der Waals surface area contributed by atoms with Crippen LogP contribution in [0.5, 0.6) is 11.5 Å². The molecule has 1 N–H and O–H groups in total. The summed E-state index contributed by atoms with van der Waals surface area (Å²) in [5.41, 5.74) is 2.77. The number of hydrogen-bond donors (Lipinski definition) is 1. The summed E-state index contributed by atoms with van der Waals surface area (Å²) >= 11 is 0. The van der Waals surface area contributed by atoms with E-state index in [4.69, 9.17) is 9.47 Å². The van der Waals surface area contributed by atoms with Crippen LogP contribution in [-0.4, -0.2) is 36.5 Å². The van der Waals surface area contributed by atoms with Crippen molar-refractivity contribution in [3.63, 3.8) is 0 Å². The van der Waals surface area contributed by atoms with Gasteiger partial charge in [0.25, 0.3) is 10.0 Å². The maximum atomic E-state index is 14.2. The monoisotopic (exact) mass is 567 g/mol. The third-order valence-corrected chi connectivity index (χ3v) is 8.47. The first kappa shape index (κ1) is 26.3. The van der Waals surface area contributed by atoms with E-state index in [1.165, 1.54) is 18.3 Å². The number of fused-ring (bicyclic) bond motifs is 2. The minimum atomic E-state index is -4.24. The maximum absolute atomic E-state index is 14.2. The first-order valence-corrected chi connectivity index (χ1v) is 14.3. The fraction of sp³-hybridized carbons (Fsp3) is 0.129. The number of amides is 1. The van der Waals surface area contributed by atoms with Gasteiger partial charge in [0, 0.05) is 29.7 Å². The molecule has 0 spiro atoms. The van der Waals surface area contributed by atoms with Gasteiger partial charge in [-0.15, -0.1) is 0 Å². The second kappa shape index (κ2) is 10.2. The molecular weight excluding hydrogens is 542 g/mol. The minimum Gasteiger partial charge on any atom is -0.454 e. The van der Waals surface area contributed by atoms with Crippen molar-refractivity contribution in [2.45, 2.75) is 17.7 Å². The van der Waals surface area contributed by atoms with Gasteiger partial charge in [0.2, 0.25) is 18.5 Å². The summed E-state index contributed by atoms with van der Waals surface area (Å²) in [7, 11) is -2.50. The quantitative estimate of drug-likeness (QED) is 0.288. The Balaban J connectivity index is 1.56. The van der Waals surface area contributed by atoms with Crippen LogP contribution in [-0.2, 0) is 21.9 Å². The van der Waals surface area contributed by atoms with Crippen LogP contribution in [0.1, 0.15) is 38.8 Å². The third kappa shape index (κ3) is 4.72. The van der Waals surface area contributed by atoms with Gasteiger partial charge in [-0.2, -0.15) is 0 Å². The zero-order valence-electron chi connectivity index (χ0n) is 22.2. The zero-order chi connectivity index (χ0) is 28.7. The van der Waals surface area contributed by atoms with Gasteiger partial charge in [-0.05, 0) is 55.0 Å². The molecule has 0 bridgehead atoms. The number of benzene rings is 3. The minimum absolute atomic E-state index is 0.0229. The first-order chi connectivity index (χ1) is 19.7. The molecule has 3 heterocycles. The summed E-state index contributed by atoms with van der Waals surface area (Å²) in [6.45, 7) is 1.86. The van der Waals surface area contributed by atoms with Crippen LogP contribution in [0.2, 0.25) is 0 Å². The molecule has 0 aliphatic carbocycles. The number of sulfonamides is 1. The second-order valence-electron chi connectivity index (χ2n) is 9.71. The van der Waals surface area contributed by atoms with Crippen LogP contribution >= 0.6 is 0 Å². The SMILES string of the molecule is Cc1ccc(S(=O)(=O)NC(=O)C(c2ccc3c(c2)OCO3)c2c(C(=O)c3ccccn3)n(C)c3ccccc23)cc1. The molecule has 2 aromatic heterocycles. The first-order valence-electron chi connectivity index (χ1n) is 12.8. The number of nitrogens with one attached hydrogen (secondary N) is 1. The van der Waals surface area contributed by atoms with Gasteiger partial charge in [0.15, 0.2) is 11.5 Å². The Labute approximate surface area is 236 Å². The van der Waals surface area contributed by atoms with Crippen molar-refractivity contribution in [2.75, 3.05) is 6.79 Å². The number of para-hydroxylation sites is 1. The molecule has 3 aromatic carbocycles. The third-order valence-electron chi connectivity index (χ3n) is 7.11. The molecule has 1 aliphatic rings. The lowest BCUT2D eigenvalue weighted by atomic mass is 9.87. The highest BCUT2D eigenvalue weighted by Crippen LogP contribution is 2.41. The highest BCUT2D eigenvalue weighted by Gasteiger charge is 2.36. The number of nitrogens with zero attached hydrogens (tertiary/aromatic N) is 2. The summed E-state index contributed by atoms with van der Waals surface area (Å²) in [6.07, 6.45) is 1.52. The zero-order valence-corrected chi connectivity index (χ0v) is 23.0. The largest absolute Gasteiger partial charge is 0.454 e. The molecule has 5 aromatic rings. The Morgan fingerprint density at radius 1 is 0.927 bits per heavy atom. The molecule has 9 nitrogen and oxygen atoms in total. The molecule has 1 unspecified atom stereocenters. The van der Waals surface area contributed by atoms with Gasteiger partial charge >= 0.3 is 0 Å². The molecule has 0 saturated carbocycles. The Bertz CT molecular complexity index is 1920. The van der Waals surface area contributed by atoms with Crippen LogP contribution in [0.4, 0.5) is 0 Å². The van der Waals surface area contributed by atoms with Crippen molar-refractivity contribution < 1.29 is 27.5 Å². The van der Waals surface area contributed by atoms with Crippen LogP contribution in [0.15, 0.2) is 96.0 Å². The predicted molar refractivity (Wildman–Crippen MR) is 152 cm³/mol. The Hall–Kier alpha value is -4.96. The topological polar surface area (TPSA) is 117 Å². The van der Waals surface area contributed by atoms with E-state index in [1.54, 1.807) is 66.2 Å². The summed E-state index contributed by atoms with van der Waals surface area (Å²) in [5, 5.41) is 0.625. The van der Waals surface area contributed by atoms with Crippen molar-refractivity contribution in [3.05, 3.63) is 119 Å². The van der Waals surface area contributed by atoms with E-state index in [9.17, 15) is 18.0 Å². The average molecular weight is 568 g/mol. The lowest BCUT2D eigenvalue weighted by molar-refractivity contribution is -0.119. The van der Waals surface area contributed by atoms with E-state index in [0.717, 1.165) is 5.56 Å². The normalized spacial score (nSPS) is 13.2. The van der Waals surface area contributed by atoms with Crippen LogP contribution in [0.25, 0.3) is 10.9 Å². The summed E-state index contributed by atoms with van der Waals surface area (Å²) in [5.74, 6) is -1.52. The smallest absolute Gasteiger partial charge is 0.264 e. The van der Waals surface area contributed by atoms with Gasteiger partial charge in [0.05, 0.1) is 16.5 Å². The lowest BCUT2D eigenvalue weighted by Gasteiger charge is -2.20. The van der Waals surface area contributed by atoms with Gasteiger partial charge in [-0.25, -0.2) is 13.1 Å². The van der Waals surface area contributed by atoms with Crippen molar-refractivity contribution in [3.8, 4) is 11.5 Å². The van der Waals surface area contributed by atoms with E-state index in [0.29, 0.717) is 33.5 Å². The van der Waals surface area contributed by atoms with Gasteiger partial charge in [0.1, 0.15) is 5.69 Å². The predicted octanol–water partition coefficient (Wildman–Crippen LogP) is 4.48. The molecule has 0 saturated heterocycles. The van der Waals surface area contributed by atoms with Crippen molar-refractivity contribution in [1.82, 2.24) is 14.3 Å². The van der Waals surface area contributed by atoms with Gasteiger partial charge < -0.3 is 14.0 Å². The van der Waals surface area contributed by atoms with Crippen molar-refractivity contribution in [2.24, 2.45) is 7.05 Å². The number of pyridine rings is 1. The second-order valence-corrected chi connectivity index (χ2v) is 11.4. The average Bonchev–Trinajstić information content (AvgIpc) is 3.56. The highest BCUT2D eigenvalue weighted by molar-refractivity contribution is 7.90. The lowest BCUT2D eigenvalue weighted by Crippen LogP contribution is -2.35. The fourth-order valence-corrected chi connectivity index (χ4v) is 6.11. The molecule has 10 heteroatoms. The molecular formula is C31H25N3O6S. The number of ketones is 1. The number of carbonyl (C=O) groups is 2. The van der Waals surface area contributed by atoms with E-state index < -0.39 is 27.6 Å². The molecule has 6 rings (SSSR count). The van der Waals surface area contributed by atoms with Crippen molar-refractivity contribution >= 4 is 32.6 Å². The molecule has 1 atom stereocenters. The van der Waals surface area contributed by atoms with E-state index >= 15 is 0 Å². The molecule has 0 fully saturated rings. The molecule has 1 aliphatic heterocycles. The van der Waals surface area contributed by atoms with Crippen molar-refractivity contribution in [1.29, 1.82) is 0 Å². The summed E-state index contributed by atoms with van der Waals surface area (Å²) in [6, 6.07) is 23.5. The Morgan fingerprint density at radius 3 is 2.41 bits per heavy atom.